The number of fused-ring (bicyclic) bond motifs is 1. The molecule has 0 unspecified atom stereocenters. The van der Waals surface area contributed by atoms with Gasteiger partial charge in [-0.05, 0) is 43.0 Å². The Labute approximate surface area is 208 Å². The zero-order valence-corrected chi connectivity index (χ0v) is 20.0. The van der Waals surface area contributed by atoms with E-state index in [4.69, 9.17) is 4.98 Å². The third-order valence-corrected chi connectivity index (χ3v) is 6.98. The molecule has 3 aromatic rings. The quantitative estimate of drug-likeness (QED) is 0.519. The lowest BCUT2D eigenvalue weighted by Crippen LogP contribution is -2.43. The first-order valence-corrected chi connectivity index (χ1v) is 12.4. The van der Waals surface area contributed by atoms with Crippen LogP contribution in [0.4, 0.5) is 25.2 Å². The van der Waals surface area contributed by atoms with Gasteiger partial charge in [-0.3, -0.25) is 4.79 Å². The van der Waals surface area contributed by atoms with Gasteiger partial charge in [-0.15, -0.1) is 0 Å². The summed E-state index contributed by atoms with van der Waals surface area (Å²) in [4.78, 5) is 32.9. The Balaban J connectivity index is 1.41. The average molecular weight is 494 g/mol. The number of carbonyl (C=O) groups excluding carboxylic acids is 1. The molecule has 36 heavy (non-hydrogen) atoms. The van der Waals surface area contributed by atoms with Crippen LogP contribution in [0.15, 0.2) is 53.3 Å². The molecule has 7 nitrogen and oxygen atoms in total. The van der Waals surface area contributed by atoms with Crippen molar-refractivity contribution in [3.63, 3.8) is 0 Å². The highest BCUT2D eigenvalue weighted by molar-refractivity contribution is 5.89. The lowest BCUT2D eigenvalue weighted by molar-refractivity contribution is 0.205. The second-order valence-corrected chi connectivity index (χ2v) is 9.45. The lowest BCUT2D eigenvalue weighted by atomic mass is 9.89. The number of amides is 2. The fraction of sp³-hybridized carbons (Fsp3) is 0.370. The molecule has 5 rings (SSSR count). The maximum atomic E-state index is 13.7. The summed E-state index contributed by atoms with van der Waals surface area (Å²) in [6.45, 7) is 1.19. The summed E-state index contributed by atoms with van der Waals surface area (Å²) in [5.74, 6) is -0.943. The van der Waals surface area contributed by atoms with Crippen molar-refractivity contribution in [2.24, 2.45) is 5.92 Å². The molecule has 2 heterocycles. The smallest absolute Gasteiger partial charge is 0.322 e. The fourth-order valence-corrected chi connectivity index (χ4v) is 4.99. The monoisotopic (exact) mass is 493 g/mol. The minimum Gasteiger partial charge on any atom is -0.355 e. The van der Waals surface area contributed by atoms with Crippen molar-refractivity contribution in [1.82, 2.24) is 14.5 Å². The van der Waals surface area contributed by atoms with Gasteiger partial charge in [0.15, 0.2) is 11.6 Å². The highest BCUT2D eigenvalue weighted by Gasteiger charge is 2.27. The average Bonchev–Trinajstić information content (AvgIpc) is 2.90. The number of carbonyl (C=O) groups is 1. The molecule has 0 saturated heterocycles. The van der Waals surface area contributed by atoms with Crippen molar-refractivity contribution in [2.45, 2.75) is 45.1 Å². The summed E-state index contributed by atoms with van der Waals surface area (Å²) < 4.78 is 28.4. The molecule has 1 fully saturated rings. The van der Waals surface area contributed by atoms with E-state index in [-0.39, 0.29) is 17.8 Å². The van der Waals surface area contributed by atoms with Gasteiger partial charge in [0.2, 0.25) is 5.95 Å². The molecule has 0 spiro atoms. The largest absolute Gasteiger partial charge is 0.355 e. The topological polar surface area (TPSA) is 79.3 Å². The molecule has 1 aliphatic heterocycles. The van der Waals surface area contributed by atoms with Crippen molar-refractivity contribution in [2.75, 3.05) is 23.7 Å². The Morgan fingerprint density at radius 3 is 2.56 bits per heavy atom. The third-order valence-electron chi connectivity index (χ3n) is 6.98. The van der Waals surface area contributed by atoms with Crippen LogP contribution in [0.25, 0.3) is 5.69 Å². The molecule has 1 aromatic heterocycles. The Hall–Kier alpha value is -3.75. The molecule has 1 aliphatic carbocycles. The molecule has 9 heteroatoms. The zero-order valence-electron chi connectivity index (χ0n) is 20.0. The number of aromatic nitrogens is 2. The van der Waals surface area contributed by atoms with Gasteiger partial charge in [0.1, 0.15) is 0 Å². The summed E-state index contributed by atoms with van der Waals surface area (Å²) in [6.07, 6.45) is 6.52. The minimum atomic E-state index is -1.04. The normalized spacial score (nSPS) is 15.9. The summed E-state index contributed by atoms with van der Waals surface area (Å²) in [7, 11) is 0. The van der Waals surface area contributed by atoms with Gasteiger partial charge in [-0.1, -0.05) is 37.5 Å². The first-order valence-electron chi connectivity index (χ1n) is 12.4. The van der Waals surface area contributed by atoms with E-state index >= 15 is 0 Å². The maximum absolute atomic E-state index is 13.7. The number of urea groups is 1. The van der Waals surface area contributed by atoms with Crippen LogP contribution < -0.4 is 16.2 Å². The number of benzene rings is 2. The number of nitrogens with one attached hydrogen (secondary N) is 2. The molecule has 188 valence electrons. The zero-order chi connectivity index (χ0) is 25.1. The number of hydrogen-bond donors (Lipinski definition) is 2. The van der Waals surface area contributed by atoms with Crippen LogP contribution in [0.3, 0.4) is 0 Å². The third kappa shape index (κ3) is 5.10. The van der Waals surface area contributed by atoms with Gasteiger partial charge >= 0.3 is 6.03 Å². The van der Waals surface area contributed by atoms with E-state index < -0.39 is 17.7 Å². The van der Waals surface area contributed by atoms with Crippen LogP contribution in [0.2, 0.25) is 0 Å². The number of nitrogens with zero attached hydrogens (tertiary/aromatic N) is 3. The van der Waals surface area contributed by atoms with Crippen LogP contribution >= 0.6 is 0 Å². The van der Waals surface area contributed by atoms with Crippen molar-refractivity contribution in [1.29, 1.82) is 0 Å². The van der Waals surface area contributed by atoms with E-state index in [1.807, 2.05) is 30.3 Å². The minimum absolute atomic E-state index is 0.0758. The van der Waals surface area contributed by atoms with Gasteiger partial charge in [-0.2, -0.15) is 0 Å². The van der Waals surface area contributed by atoms with Crippen LogP contribution in [-0.2, 0) is 13.0 Å². The maximum Gasteiger partial charge on any atom is 0.322 e. The molecule has 2 N–H and O–H groups in total. The predicted molar refractivity (Wildman–Crippen MR) is 134 cm³/mol. The van der Waals surface area contributed by atoms with Crippen molar-refractivity contribution < 1.29 is 13.6 Å². The SMILES string of the molecule is O=C(Nc1ccc(F)c(F)c1)N1CCc2nc(NCC3CCCCC3)n(-c3ccccc3)c(=O)c2C1. The number of halogens is 2. The molecule has 0 radical (unpaired) electrons. The van der Waals surface area contributed by atoms with E-state index in [0.29, 0.717) is 41.8 Å². The van der Waals surface area contributed by atoms with Gasteiger partial charge in [0, 0.05) is 31.3 Å². The van der Waals surface area contributed by atoms with Crippen molar-refractivity contribution in [3.05, 3.63) is 81.8 Å². The van der Waals surface area contributed by atoms with Crippen LogP contribution in [0.1, 0.15) is 43.4 Å². The molecule has 2 amide bonds. The van der Waals surface area contributed by atoms with Gasteiger partial charge < -0.3 is 15.5 Å². The molecular weight excluding hydrogens is 464 g/mol. The standard InChI is InChI=1S/C27H29F2N5O2/c28-22-12-11-19(15-23(22)29)31-27(36)33-14-13-24-21(17-33)25(35)34(20-9-5-2-6-10-20)26(32-24)30-16-18-7-3-1-4-8-18/h2,5-6,9-12,15,18H,1,3-4,7-8,13-14,16-17H2,(H,30,32)(H,31,36). The number of hydrogen-bond acceptors (Lipinski definition) is 4. The van der Waals surface area contributed by atoms with E-state index in [0.717, 1.165) is 18.7 Å². The van der Waals surface area contributed by atoms with E-state index in [9.17, 15) is 18.4 Å². The molecule has 0 bridgehead atoms. The second kappa shape index (κ2) is 10.5. The van der Waals surface area contributed by atoms with Gasteiger partial charge in [-0.25, -0.2) is 23.1 Å². The highest BCUT2D eigenvalue weighted by Crippen LogP contribution is 2.25. The second-order valence-electron chi connectivity index (χ2n) is 9.45. The number of anilines is 2. The fourth-order valence-electron chi connectivity index (χ4n) is 4.99. The van der Waals surface area contributed by atoms with E-state index in [2.05, 4.69) is 10.6 Å². The number of para-hydroxylation sites is 1. The van der Waals surface area contributed by atoms with E-state index in [1.54, 1.807) is 4.57 Å². The first kappa shape index (κ1) is 24.0. The summed E-state index contributed by atoms with van der Waals surface area (Å²) in [6, 6.07) is 12.0. The van der Waals surface area contributed by atoms with Crippen molar-refractivity contribution >= 4 is 17.7 Å². The summed E-state index contributed by atoms with van der Waals surface area (Å²) >= 11 is 0. The summed E-state index contributed by atoms with van der Waals surface area (Å²) in [5.41, 5.74) is 1.76. The van der Waals surface area contributed by atoms with Gasteiger partial charge in [0.05, 0.1) is 23.5 Å². The van der Waals surface area contributed by atoms with Gasteiger partial charge in [0.25, 0.3) is 5.56 Å². The molecular formula is C27H29F2N5O2. The Kier molecular flexibility index (Phi) is 6.97. The first-order chi connectivity index (χ1) is 17.5. The van der Waals surface area contributed by atoms with Crippen LogP contribution in [0, 0.1) is 17.6 Å². The Bertz CT molecular complexity index is 1310. The van der Waals surface area contributed by atoms with Crippen molar-refractivity contribution in [3.8, 4) is 5.69 Å². The molecule has 0 atom stereocenters. The lowest BCUT2D eigenvalue weighted by Gasteiger charge is -2.29. The summed E-state index contributed by atoms with van der Waals surface area (Å²) in [5, 5.41) is 6.02. The Morgan fingerprint density at radius 1 is 1.03 bits per heavy atom. The Morgan fingerprint density at radius 2 is 1.81 bits per heavy atom. The highest BCUT2D eigenvalue weighted by atomic mass is 19.2. The van der Waals surface area contributed by atoms with Crippen LogP contribution in [-0.4, -0.2) is 33.6 Å². The number of rotatable bonds is 5. The molecule has 2 aliphatic rings. The molecule has 1 saturated carbocycles. The van der Waals surface area contributed by atoms with E-state index in [1.165, 1.54) is 43.1 Å². The molecule has 2 aromatic carbocycles. The van der Waals surface area contributed by atoms with Crippen LogP contribution in [0.5, 0.6) is 0 Å². The predicted octanol–water partition coefficient (Wildman–Crippen LogP) is 5.09.